The van der Waals surface area contributed by atoms with Crippen LogP contribution in [0.25, 0.3) is 5.57 Å². The van der Waals surface area contributed by atoms with Crippen LogP contribution in [0, 0.1) is 0 Å². The van der Waals surface area contributed by atoms with Crippen molar-refractivity contribution in [3.63, 3.8) is 0 Å². The maximum absolute atomic E-state index is 11.4. The summed E-state index contributed by atoms with van der Waals surface area (Å²) in [5, 5.41) is 4.27. The van der Waals surface area contributed by atoms with Gasteiger partial charge >= 0.3 is 5.97 Å². The van der Waals surface area contributed by atoms with Gasteiger partial charge in [0.15, 0.2) is 0 Å². The molecule has 4 nitrogen and oxygen atoms in total. The van der Waals surface area contributed by atoms with E-state index in [4.69, 9.17) is 10.5 Å². The van der Waals surface area contributed by atoms with Crippen LogP contribution in [0.2, 0.25) is 0 Å². The number of nitrogens with zero attached hydrogens (tertiary/aromatic N) is 1. The summed E-state index contributed by atoms with van der Waals surface area (Å²) in [6.07, 6.45) is 2.23. The zero-order valence-electron chi connectivity index (χ0n) is 10.1. The van der Waals surface area contributed by atoms with Crippen LogP contribution in [0.4, 0.5) is 5.69 Å². The molecule has 0 spiro atoms. The van der Waals surface area contributed by atoms with Gasteiger partial charge in [-0.3, -0.25) is 10.1 Å². The van der Waals surface area contributed by atoms with E-state index in [9.17, 15) is 4.79 Å². The first kappa shape index (κ1) is 14.5. The second kappa shape index (κ2) is 6.42. The van der Waals surface area contributed by atoms with Crippen LogP contribution in [-0.4, -0.2) is 18.6 Å². The second-order valence-corrected chi connectivity index (χ2v) is 3.86. The monoisotopic (exact) mass is 267 g/mol. The number of benzene rings is 1. The number of hydrogen-bond donors (Lipinski definition) is 1. The van der Waals surface area contributed by atoms with Gasteiger partial charge in [0.2, 0.25) is 0 Å². The topological polar surface area (TPSA) is 66.4 Å². The van der Waals surface area contributed by atoms with Crippen molar-refractivity contribution in [1.82, 2.24) is 5.32 Å². The van der Waals surface area contributed by atoms with E-state index in [1.54, 1.807) is 13.1 Å². The van der Waals surface area contributed by atoms with Crippen molar-refractivity contribution in [2.24, 2.45) is 5.73 Å². The molecule has 0 unspecified atom stereocenters. The first-order valence-electron chi connectivity index (χ1n) is 5.64. The Kier molecular flexibility index (Phi) is 5.19. The number of hydrogen-bond acceptors (Lipinski definition) is 3. The lowest BCUT2D eigenvalue weighted by molar-refractivity contribution is -0.144. The van der Waals surface area contributed by atoms with E-state index in [1.807, 2.05) is 24.3 Å². The zero-order valence-corrected chi connectivity index (χ0v) is 10.9. The highest BCUT2D eigenvalue weighted by atomic mass is 35.5. The molecule has 0 saturated carbocycles. The maximum Gasteiger partial charge on any atom is 0.323 e. The minimum Gasteiger partial charge on any atom is -0.465 e. The van der Waals surface area contributed by atoms with Crippen LogP contribution >= 0.6 is 12.4 Å². The normalized spacial score (nSPS) is 13.8. The van der Waals surface area contributed by atoms with Gasteiger partial charge in [0.1, 0.15) is 6.04 Å². The van der Waals surface area contributed by atoms with Gasteiger partial charge in [-0.25, -0.2) is 0 Å². The summed E-state index contributed by atoms with van der Waals surface area (Å²) in [7, 11) is 0. The van der Waals surface area contributed by atoms with E-state index in [2.05, 4.69) is 5.32 Å². The first-order chi connectivity index (χ1) is 8.22. The lowest BCUT2D eigenvalue weighted by atomic mass is 10.0. The Bertz CT molecular complexity index is 460. The number of para-hydroxylation sites is 1. The third-order valence-electron chi connectivity index (χ3n) is 2.64. The Morgan fingerprint density at radius 1 is 1.44 bits per heavy atom. The van der Waals surface area contributed by atoms with Crippen LogP contribution in [-0.2, 0) is 9.53 Å². The summed E-state index contributed by atoms with van der Waals surface area (Å²) < 4.78 is 4.88. The molecule has 1 radical (unpaired) electrons. The number of nitrogens with two attached hydrogens (primary N) is 1. The van der Waals surface area contributed by atoms with Crippen molar-refractivity contribution in [3.8, 4) is 0 Å². The van der Waals surface area contributed by atoms with E-state index in [1.165, 1.54) is 0 Å². The van der Waals surface area contributed by atoms with Crippen molar-refractivity contribution < 1.29 is 9.53 Å². The summed E-state index contributed by atoms with van der Waals surface area (Å²) in [5.74, 6) is -0.363. The Morgan fingerprint density at radius 3 is 2.89 bits per heavy atom. The van der Waals surface area contributed by atoms with Crippen molar-refractivity contribution >= 4 is 29.6 Å². The van der Waals surface area contributed by atoms with Crippen LogP contribution in [0.1, 0.15) is 18.9 Å². The predicted molar refractivity (Wildman–Crippen MR) is 72.7 cm³/mol. The van der Waals surface area contributed by atoms with Crippen molar-refractivity contribution in [2.45, 2.75) is 19.4 Å². The number of carbonyl (C=O) groups excluding carboxylic acids is 1. The van der Waals surface area contributed by atoms with Gasteiger partial charge in [-0.1, -0.05) is 18.2 Å². The first-order valence-corrected chi connectivity index (χ1v) is 5.64. The number of fused-ring (bicyclic) bond motifs is 1. The molecule has 1 aromatic rings. The van der Waals surface area contributed by atoms with Crippen LogP contribution in [0.5, 0.6) is 0 Å². The average molecular weight is 268 g/mol. The molecule has 0 aromatic heterocycles. The number of esters is 1. The van der Waals surface area contributed by atoms with Gasteiger partial charge in [0.05, 0.1) is 12.3 Å². The fraction of sp³-hybridized carbons (Fsp3) is 0.308. The Labute approximate surface area is 113 Å². The third kappa shape index (κ3) is 3.03. The minimum atomic E-state index is -0.623. The Balaban J connectivity index is 0.00000162. The predicted octanol–water partition coefficient (Wildman–Crippen LogP) is 1.98. The van der Waals surface area contributed by atoms with Gasteiger partial charge in [-0.2, -0.15) is 0 Å². The highest BCUT2D eigenvalue weighted by Crippen LogP contribution is 2.32. The molecule has 0 bridgehead atoms. The largest absolute Gasteiger partial charge is 0.465 e. The molecule has 1 atom stereocenters. The van der Waals surface area contributed by atoms with E-state index >= 15 is 0 Å². The van der Waals surface area contributed by atoms with Gasteiger partial charge in [0.25, 0.3) is 0 Å². The third-order valence-corrected chi connectivity index (χ3v) is 2.64. The molecular weight excluding hydrogens is 252 g/mol. The number of carbonyl (C=O) groups is 1. The SMILES string of the molecule is CCOC(=O)[C@@H](N)CC1=C[N]c2ccccc21.Cl. The molecule has 1 aliphatic rings. The van der Waals surface area contributed by atoms with Crippen molar-refractivity contribution in [2.75, 3.05) is 6.61 Å². The molecule has 0 aliphatic carbocycles. The fourth-order valence-corrected chi connectivity index (χ4v) is 1.81. The highest BCUT2D eigenvalue weighted by Gasteiger charge is 2.21. The Hall–Kier alpha value is -1.52. The summed E-state index contributed by atoms with van der Waals surface area (Å²) in [6, 6.07) is 7.18. The minimum absolute atomic E-state index is 0. The quantitative estimate of drug-likeness (QED) is 0.849. The highest BCUT2D eigenvalue weighted by molar-refractivity contribution is 5.85. The number of ether oxygens (including phenoxy) is 1. The van der Waals surface area contributed by atoms with Crippen LogP contribution < -0.4 is 11.1 Å². The Morgan fingerprint density at radius 2 is 2.17 bits per heavy atom. The van der Waals surface area contributed by atoms with Crippen LogP contribution in [0.15, 0.2) is 30.5 Å². The van der Waals surface area contributed by atoms with Gasteiger partial charge in [0, 0.05) is 18.2 Å². The molecule has 97 valence electrons. The molecule has 2 rings (SSSR count). The smallest absolute Gasteiger partial charge is 0.323 e. The molecule has 0 fully saturated rings. The molecule has 1 aliphatic heterocycles. The molecule has 5 heteroatoms. The molecule has 1 aromatic carbocycles. The fourth-order valence-electron chi connectivity index (χ4n) is 1.81. The van der Waals surface area contributed by atoms with E-state index in [0.29, 0.717) is 13.0 Å². The molecule has 2 N–H and O–H groups in total. The molecule has 0 saturated heterocycles. The van der Waals surface area contributed by atoms with Gasteiger partial charge in [-0.15, -0.1) is 12.4 Å². The molecule has 18 heavy (non-hydrogen) atoms. The second-order valence-electron chi connectivity index (χ2n) is 3.86. The average Bonchev–Trinajstić information content (AvgIpc) is 2.73. The maximum atomic E-state index is 11.4. The number of halogens is 1. The molecule has 0 amide bonds. The van der Waals surface area contributed by atoms with Gasteiger partial charge in [-0.05, 0) is 18.6 Å². The summed E-state index contributed by atoms with van der Waals surface area (Å²) in [5.41, 5.74) is 8.75. The number of rotatable bonds is 4. The summed E-state index contributed by atoms with van der Waals surface area (Å²) in [6.45, 7) is 2.12. The summed E-state index contributed by atoms with van der Waals surface area (Å²) in [4.78, 5) is 11.4. The van der Waals surface area contributed by atoms with E-state index in [0.717, 1.165) is 16.8 Å². The lowest BCUT2D eigenvalue weighted by Gasteiger charge is -2.11. The van der Waals surface area contributed by atoms with E-state index in [-0.39, 0.29) is 18.4 Å². The standard InChI is InChI=1S/C13H15N2O2.ClH/c1-2-17-13(16)11(14)7-9-8-15-12-6-4-3-5-10(9)12;/h3-6,8,11H,2,7,14H2,1H3;1H/t11-;/m0./s1. The summed E-state index contributed by atoms with van der Waals surface area (Å²) >= 11 is 0. The van der Waals surface area contributed by atoms with Gasteiger partial charge < -0.3 is 10.5 Å². The zero-order chi connectivity index (χ0) is 12.3. The van der Waals surface area contributed by atoms with Crippen LogP contribution in [0.3, 0.4) is 0 Å². The molecular formula is C13H16ClN2O2. The van der Waals surface area contributed by atoms with Crippen molar-refractivity contribution in [3.05, 3.63) is 36.0 Å². The lowest BCUT2D eigenvalue weighted by Crippen LogP contribution is -2.32. The van der Waals surface area contributed by atoms with Crippen molar-refractivity contribution in [1.29, 1.82) is 0 Å². The van der Waals surface area contributed by atoms with E-state index < -0.39 is 6.04 Å². The molecule has 1 heterocycles.